The Hall–Kier alpha value is -1.70. The van der Waals surface area contributed by atoms with E-state index in [9.17, 15) is 8.78 Å². The van der Waals surface area contributed by atoms with Crippen LogP contribution in [0.2, 0.25) is 0 Å². The third-order valence-corrected chi connectivity index (χ3v) is 3.50. The topological polar surface area (TPSA) is 50.4 Å². The van der Waals surface area contributed by atoms with Crippen molar-refractivity contribution in [2.75, 3.05) is 11.9 Å². The molecule has 0 radical (unpaired) electrons. The molecule has 0 fully saturated rings. The minimum atomic E-state index is -0.582. The lowest BCUT2D eigenvalue weighted by molar-refractivity contribution is 0.572. The lowest BCUT2D eigenvalue weighted by atomic mass is 10.0. The lowest BCUT2D eigenvalue weighted by Gasteiger charge is -2.10. The molecular weight excluding hydrogens is 423 g/mol. The van der Waals surface area contributed by atoms with Gasteiger partial charge in [-0.3, -0.25) is 4.99 Å². The second kappa shape index (κ2) is 9.56. The molecule has 0 aromatic heterocycles. The van der Waals surface area contributed by atoms with Crippen LogP contribution < -0.4 is 11.1 Å². The third-order valence-electron chi connectivity index (χ3n) is 3.50. The molecule has 24 heavy (non-hydrogen) atoms. The number of nitrogens with two attached hydrogens (primary N) is 1. The van der Waals surface area contributed by atoms with E-state index in [1.165, 1.54) is 17.7 Å². The molecule has 2 rings (SSSR count). The molecule has 0 saturated heterocycles. The summed E-state index contributed by atoms with van der Waals surface area (Å²) in [7, 11) is 0. The van der Waals surface area contributed by atoms with Crippen molar-refractivity contribution in [1.29, 1.82) is 0 Å². The first-order chi connectivity index (χ1) is 11.0. The zero-order valence-electron chi connectivity index (χ0n) is 13.7. The molecule has 0 heterocycles. The van der Waals surface area contributed by atoms with Crippen molar-refractivity contribution in [3.05, 3.63) is 65.2 Å². The van der Waals surface area contributed by atoms with Gasteiger partial charge in [-0.25, -0.2) is 8.78 Å². The first kappa shape index (κ1) is 20.3. The fourth-order valence-corrected chi connectivity index (χ4v) is 2.18. The number of anilines is 1. The number of halogens is 3. The fraction of sp³-hybridized carbons (Fsp3) is 0.278. The van der Waals surface area contributed by atoms with Crippen molar-refractivity contribution in [3.63, 3.8) is 0 Å². The Balaban J connectivity index is 0.00000288. The molecule has 0 aliphatic heterocycles. The van der Waals surface area contributed by atoms with Crippen molar-refractivity contribution in [3.8, 4) is 0 Å². The van der Waals surface area contributed by atoms with E-state index in [0.717, 1.165) is 11.8 Å². The van der Waals surface area contributed by atoms with Crippen LogP contribution in [0.5, 0.6) is 0 Å². The summed E-state index contributed by atoms with van der Waals surface area (Å²) in [6.07, 6.45) is 0.362. The van der Waals surface area contributed by atoms with E-state index in [-0.39, 0.29) is 29.9 Å². The van der Waals surface area contributed by atoms with Gasteiger partial charge < -0.3 is 11.1 Å². The maximum atomic E-state index is 13.5. The number of nitrogens with zero attached hydrogens (tertiary/aromatic N) is 1. The van der Waals surface area contributed by atoms with Gasteiger partial charge in [-0.15, -0.1) is 24.0 Å². The minimum Gasteiger partial charge on any atom is -0.370 e. The van der Waals surface area contributed by atoms with Gasteiger partial charge >= 0.3 is 0 Å². The Morgan fingerprint density at radius 2 is 1.92 bits per heavy atom. The lowest BCUT2D eigenvalue weighted by Crippen LogP contribution is -2.23. The van der Waals surface area contributed by atoms with Gasteiger partial charge in [0.25, 0.3) is 0 Å². The Bertz CT molecular complexity index is 702. The van der Waals surface area contributed by atoms with Crippen LogP contribution in [0.4, 0.5) is 14.5 Å². The second-order valence-corrected chi connectivity index (χ2v) is 5.66. The highest BCUT2D eigenvalue weighted by Gasteiger charge is 2.04. The van der Waals surface area contributed by atoms with Gasteiger partial charge in [0.05, 0.1) is 0 Å². The summed E-state index contributed by atoms with van der Waals surface area (Å²) in [6.45, 7) is 4.56. The standard InChI is InChI=1S/C18H21F2N3.HI/c1-12(2)14-4-3-5-16(10-14)23-18(21)22-9-8-13-6-7-15(19)11-17(13)20;/h3-7,10-12H,8-9H2,1-2H3,(H3,21,22,23);1H. The number of benzene rings is 2. The molecule has 0 aliphatic carbocycles. The molecule has 6 heteroatoms. The van der Waals surface area contributed by atoms with Crippen LogP contribution in [0.25, 0.3) is 0 Å². The average molecular weight is 445 g/mol. The largest absolute Gasteiger partial charge is 0.370 e. The molecule has 3 N–H and O–H groups in total. The number of hydrogen-bond acceptors (Lipinski definition) is 1. The Kier molecular flexibility index (Phi) is 8.10. The van der Waals surface area contributed by atoms with Gasteiger partial charge in [0.15, 0.2) is 5.96 Å². The smallest absolute Gasteiger partial charge is 0.193 e. The highest BCUT2D eigenvalue weighted by atomic mass is 127. The molecule has 0 atom stereocenters. The van der Waals surface area contributed by atoms with Crippen molar-refractivity contribution in [1.82, 2.24) is 0 Å². The summed E-state index contributed by atoms with van der Waals surface area (Å²) < 4.78 is 26.3. The summed E-state index contributed by atoms with van der Waals surface area (Å²) >= 11 is 0. The van der Waals surface area contributed by atoms with Gasteiger partial charge in [-0.2, -0.15) is 0 Å². The number of aliphatic imine (C=N–C) groups is 1. The van der Waals surface area contributed by atoms with Gasteiger partial charge in [0.2, 0.25) is 0 Å². The van der Waals surface area contributed by atoms with Crippen molar-refractivity contribution in [2.24, 2.45) is 10.7 Å². The molecular formula is C18H22F2IN3. The average Bonchev–Trinajstić information content (AvgIpc) is 2.49. The predicted molar refractivity (Wildman–Crippen MR) is 106 cm³/mol. The molecule has 2 aromatic rings. The first-order valence-electron chi connectivity index (χ1n) is 7.56. The first-order valence-corrected chi connectivity index (χ1v) is 7.56. The van der Waals surface area contributed by atoms with Crippen LogP contribution in [0, 0.1) is 11.6 Å². The summed E-state index contributed by atoms with van der Waals surface area (Å²) in [5.74, 6) is -0.442. The monoisotopic (exact) mass is 445 g/mol. The van der Waals surface area contributed by atoms with Crippen LogP contribution in [0.3, 0.4) is 0 Å². The molecule has 0 spiro atoms. The van der Waals surface area contributed by atoms with Gasteiger partial charge in [0, 0.05) is 18.3 Å². The van der Waals surface area contributed by atoms with E-state index in [4.69, 9.17) is 5.73 Å². The molecule has 3 nitrogen and oxygen atoms in total. The van der Waals surface area contributed by atoms with E-state index in [0.29, 0.717) is 24.4 Å². The van der Waals surface area contributed by atoms with Crippen molar-refractivity contribution in [2.45, 2.75) is 26.2 Å². The van der Waals surface area contributed by atoms with E-state index in [2.05, 4.69) is 30.2 Å². The molecule has 0 unspecified atom stereocenters. The van der Waals surface area contributed by atoms with E-state index >= 15 is 0 Å². The molecule has 130 valence electrons. The number of hydrogen-bond donors (Lipinski definition) is 2. The van der Waals surface area contributed by atoms with Crippen LogP contribution >= 0.6 is 24.0 Å². The molecule has 0 amide bonds. The van der Waals surface area contributed by atoms with Crippen LogP contribution in [0.1, 0.15) is 30.9 Å². The molecule has 2 aromatic carbocycles. The van der Waals surface area contributed by atoms with Crippen LogP contribution in [0.15, 0.2) is 47.5 Å². The highest BCUT2D eigenvalue weighted by molar-refractivity contribution is 14.0. The van der Waals surface area contributed by atoms with E-state index < -0.39 is 11.6 Å². The van der Waals surface area contributed by atoms with E-state index in [1.54, 1.807) is 0 Å². The summed E-state index contributed by atoms with van der Waals surface area (Å²) in [6, 6.07) is 11.5. The Morgan fingerprint density at radius 1 is 1.17 bits per heavy atom. The van der Waals surface area contributed by atoms with E-state index in [1.807, 2.05) is 18.2 Å². The number of guanidine groups is 1. The minimum absolute atomic E-state index is 0. The zero-order valence-corrected chi connectivity index (χ0v) is 16.1. The summed E-state index contributed by atoms with van der Waals surface area (Å²) in [4.78, 5) is 4.18. The fourth-order valence-electron chi connectivity index (χ4n) is 2.18. The summed E-state index contributed by atoms with van der Waals surface area (Å²) in [5.41, 5.74) is 8.34. The normalized spacial score (nSPS) is 11.3. The molecule has 0 aliphatic rings. The predicted octanol–water partition coefficient (Wildman–Crippen LogP) is 4.68. The Morgan fingerprint density at radius 3 is 2.58 bits per heavy atom. The van der Waals surface area contributed by atoms with Gasteiger partial charge in [-0.1, -0.05) is 32.0 Å². The maximum Gasteiger partial charge on any atom is 0.193 e. The van der Waals surface area contributed by atoms with Crippen LogP contribution in [-0.2, 0) is 6.42 Å². The summed E-state index contributed by atoms with van der Waals surface area (Å²) in [5, 5.41) is 3.02. The van der Waals surface area contributed by atoms with Crippen LogP contribution in [-0.4, -0.2) is 12.5 Å². The SMILES string of the molecule is CC(C)c1cccc(NC(N)=NCCc2ccc(F)cc2F)c1.I. The highest BCUT2D eigenvalue weighted by Crippen LogP contribution is 2.18. The van der Waals surface area contributed by atoms with Gasteiger partial charge in [0.1, 0.15) is 11.6 Å². The van der Waals surface area contributed by atoms with Gasteiger partial charge in [-0.05, 0) is 41.7 Å². The quantitative estimate of drug-likeness (QED) is 0.399. The molecule has 0 saturated carbocycles. The molecule has 0 bridgehead atoms. The number of nitrogens with one attached hydrogen (secondary N) is 1. The number of rotatable bonds is 5. The van der Waals surface area contributed by atoms with Crippen molar-refractivity contribution >= 4 is 35.6 Å². The second-order valence-electron chi connectivity index (χ2n) is 5.66. The van der Waals surface area contributed by atoms with Crippen molar-refractivity contribution < 1.29 is 8.78 Å². The zero-order chi connectivity index (χ0) is 16.8. The third kappa shape index (κ3) is 6.07. The Labute approximate surface area is 158 Å². The maximum absolute atomic E-state index is 13.5.